The Labute approximate surface area is 160 Å². The van der Waals surface area contributed by atoms with Crippen LogP contribution in [-0.4, -0.2) is 32.5 Å². The molecule has 0 saturated carbocycles. The number of amides is 1. The lowest BCUT2D eigenvalue weighted by atomic mass is 10.1. The van der Waals surface area contributed by atoms with E-state index < -0.39 is 5.92 Å². The Morgan fingerprint density at radius 2 is 2.26 bits per heavy atom. The highest BCUT2D eigenvalue weighted by atomic mass is 32.1. The number of hydrogen-bond acceptors (Lipinski definition) is 7. The van der Waals surface area contributed by atoms with Crippen LogP contribution in [0.25, 0.3) is 10.7 Å². The van der Waals surface area contributed by atoms with Crippen LogP contribution in [0.2, 0.25) is 0 Å². The van der Waals surface area contributed by atoms with E-state index in [1.165, 1.54) is 23.6 Å². The zero-order chi connectivity index (χ0) is 19.2. The highest BCUT2D eigenvalue weighted by molar-refractivity contribution is 7.13. The molecule has 27 heavy (non-hydrogen) atoms. The van der Waals surface area contributed by atoms with E-state index in [-0.39, 0.29) is 17.2 Å². The molecule has 0 aliphatic carbocycles. The Kier molecular flexibility index (Phi) is 5.74. The van der Waals surface area contributed by atoms with Gasteiger partial charge in [0.05, 0.1) is 17.2 Å². The molecule has 3 aromatic heterocycles. The van der Waals surface area contributed by atoms with Gasteiger partial charge >= 0.3 is 0 Å². The van der Waals surface area contributed by atoms with Crippen molar-refractivity contribution in [2.75, 3.05) is 6.54 Å². The monoisotopic (exact) mass is 379 g/mol. The first kappa shape index (κ1) is 18.5. The summed E-state index contributed by atoms with van der Waals surface area (Å²) in [5.74, 6) is -0.665. The predicted molar refractivity (Wildman–Crippen MR) is 101 cm³/mol. The Morgan fingerprint density at radius 3 is 2.96 bits per heavy atom. The number of thiazole rings is 1. The Hall–Kier alpha value is -3.31. The van der Waals surface area contributed by atoms with Crippen LogP contribution in [-0.2, 0) is 11.2 Å². The summed E-state index contributed by atoms with van der Waals surface area (Å²) in [6, 6.07) is 8.94. The van der Waals surface area contributed by atoms with Gasteiger partial charge in [-0.25, -0.2) is 9.97 Å². The molecule has 0 aromatic carbocycles. The summed E-state index contributed by atoms with van der Waals surface area (Å²) in [5, 5.41) is 24.0. The van der Waals surface area contributed by atoms with Gasteiger partial charge < -0.3 is 10.4 Å². The number of nitriles is 1. The maximum atomic E-state index is 12.4. The van der Waals surface area contributed by atoms with Gasteiger partial charge in [0, 0.05) is 42.5 Å². The summed E-state index contributed by atoms with van der Waals surface area (Å²) in [5.41, 5.74) is 2.10. The lowest BCUT2D eigenvalue weighted by molar-refractivity contribution is -0.122. The molecule has 3 heterocycles. The van der Waals surface area contributed by atoms with Crippen LogP contribution in [0.1, 0.15) is 29.8 Å². The van der Waals surface area contributed by atoms with Gasteiger partial charge in [0.15, 0.2) is 0 Å². The SMILES string of the molecule is CC(C(=O)NCCc1ccccn1)c1csc(-c2ncc(C#N)cc2O)n1. The minimum absolute atomic E-state index is 0.109. The summed E-state index contributed by atoms with van der Waals surface area (Å²) in [4.78, 5) is 25.1. The van der Waals surface area contributed by atoms with Gasteiger partial charge in [0.2, 0.25) is 5.91 Å². The van der Waals surface area contributed by atoms with Crippen LogP contribution in [0.3, 0.4) is 0 Å². The maximum absolute atomic E-state index is 12.4. The minimum Gasteiger partial charge on any atom is -0.506 e. The van der Waals surface area contributed by atoms with Crippen molar-refractivity contribution in [1.29, 1.82) is 5.26 Å². The molecule has 1 unspecified atom stereocenters. The van der Waals surface area contributed by atoms with Gasteiger partial charge in [-0.15, -0.1) is 11.3 Å². The first-order valence-corrected chi connectivity index (χ1v) is 9.19. The number of nitrogens with zero attached hydrogens (tertiary/aromatic N) is 4. The average molecular weight is 379 g/mol. The zero-order valence-electron chi connectivity index (χ0n) is 14.6. The van der Waals surface area contributed by atoms with Gasteiger partial charge in [-0.1, -0.05) is 6.07 Å². The van der Waals surface area contributed by atoms with E-state index in [1.807, 2.05) is 24.3 Å². The highest BCUT2D eigenvalue weighted by Gasteiger charge is 2.20. The fourth-order valence-electron chi connectivity index (χ4n) is 2.42. The van der Waals surface area contributed by atoms with E-state index in [2.05, 4.69) is 20.3 Å². The van der Waals surface area contributed by atoms with E-state index in [1.54, 1.807) is 18.5 Å². The molecule has 136 valence electrons. The molecule has 0 radical (unpaired) electrons. The van der Waals surface area contributed by atoms with Crippen LogP contribution in [0.4, 0.5) is 0 Å². The van der Waals surface area contributed by atoms with Crippen LogP contribution >= 0.6 is 11.3 Å². The molecule has 0 saturated heterocycles. The van der Waals surface area contributed by atoms with Gasteiger partial charge in [-0.05, 0) is 19.1 Å². The Bertz CT molecular complexity index is 981. The second-order valence-electron chi connectivity index (χ2n) is 5.86. The van der Waals surface area contributed by atoms with Crippen molar-refractivity contribution in [2.24, 2.45) is 0 Å². The summed E-state index contributed by atoms with van der Waals surface area (Å²) in [6.07, 6.45) is 3.76. The van der Waals surface area contributed by atoms with Gasteiger partial charge in [0.25, 0.3) is 0 Å². The third-order valence-corrected chi connectivity index (χ3v) is 4.83. The number of carbonyl (C=O) groups is 1. The number of pyridine rings is 2. The summed E-state index contributed by atoms with van der Waals surface area (Å²) in [7, 11) is 0. The van der Waals surface area contributed by atoms with E-state index in [4.69, 9.17) is 5.26 Å². The molecule has 7 nitrogen and oxygen atoms in total. The van der Waals surface area contributed by atoms with Crippen LogP contribution < -0.4 is 5.32 Å². The van der Waals surface area contributed by atoms with Crippen molar-refractivity contribution >= 4 is 17.2 Å². The normalized spacial score (nSPS) is 11.6. The topological polar surface area (TPSA) is 112 Å². The molecule has 0 bridgehead atoms. The van der Waals surface area contributed by atoms with E-state index in [0.29, 0.717) is 29.4 Å². The second kappa shape index (κ2) is 8.38. The number of hydrogen-bond donors (Lipinski definition) is 2. The molecule has 0 fully saturated rings. The Balaban J connectivity index is 1.63. The Morgan fingerprint density at radius 1 is 1.41 bits per heavy atom. The molecule has 1 atom stereocenters. The molecule has 3 rings (SSSR count). The first-order chi connectivity index (χ1) is 13.1. The maximum Gasteiger partial charge on any atom is 0.228 e. The van der Waals surface area contributed by atoms with Crippen molar-refractivity contribution in [3.63, 3.8) is 0 Å². The van der Waals surface area contributed by atoms with Gasteiger partial charge in [0.1, 0.15) is 22.5 Å². The van der Waals surface area contributed by atoms with Crippen LogP contribution in [0.5, 0.6) is 5.75 Å². The van der Waals surface area contributed by atoms with Crippen LogP contribution in [0.15, 0.2) is 42.0 Å². The number of aromatic nitrogens is 3. The van der Waals surface area contributed by atoms with Crippen molar-refractivity contribution in [1.82, 2.24) is 20.3 Å². The summed E-state index contributed by atoms with van der Waals surface area (Å²) >= 11 is 1.29. The molecular weight excluding hydrogens is 362 g/mol. The third kappa shape index (κ3) is 4.46. The largest absolute Gasteiger partial charge is 0.506 e. The number of carbonyl (C=O) groups excluding carboxylic acids is 1. The molecule has 1 amide bonds. The molecule has 8 heteroatoms. The zero-order valence-corrected chi connectivity index (χ0v) is 15.4. The fourth-order valence-corrected chi connectivity index (χ4v) is 3.34. The lowest BCUT2D eigenvalue weighted by Crippen LogP contribution is -2.30. The molecule has 0 spiro atoms. The number of rotatable bonds is 6. The minimum atomic E-state index is -0.431. The third-order valence-electron chi connectivity index (χ3n) is 3.96. The highest BCUT2D eigenvalue weighted by Crippen LogP contribution is 2.31. The number of nitrogens with one attached hydrogen (secondary N) is 1. The average Bonchev–Trinajstić information content (AvgIpc) is 3.17. The quantitative estimate of drug-likeness (QED) is 0.681. The van der Waals surface area contributed by atoms with E-state index >= 15 is 0 Å². The van der Waals surface area contributed by atoms with Gasteiger partial charge in [-0.3, -0.25) is 9.78 Å². The molecule has 3 aromatic rings. The number of aromatic hydroxyl groups is 1. The van der Waals surface area contributed by atoms with Crippen molar-refractivity contribution in [3.8, 4) is 22.5 Å². The smallest absolute Gasteiger partial charge is 0.228 e. The molecular formula is C19H17N5O2S. The summed E-state index contributed by atoms with van der Waals surface area (Å²) in [6.45, 7) is 2.27. The standard InChI is InChI=1S/C19H17N5O2S/c1-12(18(26)22-7-5-14-4-2-3-6-21-14)15-11-27-19(24-15)17-16(25)8-13(9-20)10-23-17/h2-4,6,8,10-12,25H,5,7H2,1H3,(H,22,26). The molecule has 0 aliphatic heterocycles. The fraction of sp³-hybridized carbons (Fsp3) is 0.211. The summed E-state index contributed by atoms with van der Waals surface area (Å²) < 4.78 is 0. The molecule has 2 N–H and O–H groups in total. The predicted octanol–water partition coefficient (Wildman–Crippen LogP) is 2.64. The van der Waals surface area contributed by atoms with Crippen molar-refractivity contribution in [3.05, 3.63) is 59.0 Å². The van der Waals surface area contributed by atoms with E-state index in [9.17, 15) is 9.90 Å². The van der Waals surface area contributed by atoms with Crippen LogP contribution in [0, 0.1) is 11.3 Å². The van der Waals surface area contributed by atoms with E-state index in [0.717, 1.165) is 5.69 Å². The second-order valence-corrected chi connectivity index (χ2v) is 6.72. The van der Waals surface area contributed by atoms with Gasteiger partial charge in [-0.2, -0.15) is 5.26 Å². The lowest BCUT2D eigenvalue weighted by Gasteiger charge is -2.10. The first-order valence-electron chi connectivity index (χ1n) is 8.31. The van der Waals surface area contributed by atoms with Crippen molar-refractivity contribution < 1.29 is 9.90 Å². The van der Waals surface area contributed by atoms with Crippen molar-refractivity contribution in [2.45, 2.75) is 19.3 Å². The molecule has 0 aliphatic rings.